The lowest BCUT2D eigenvalue weighted by molar-refractivity contribution is -0.0813. The van der Waals surface area contributed by atoms with Crippen LogP contribution in [-0.2, 0) is 0 Å². The first kappa shape index (κ1) is 16.4. The van der Waals surface area contributed by atoms with E-state index in [-0.39, 0.29) is 0 Å². The molecule has 0 radical (unpaired) electrons. The zero-order chi connectivity index (χ0) is 16.9. The number of allylic oxidation sites excluding steroid dienone is 2. The lowest BCUT2D eigenvalue weighted by atomic mass is 9.46. The summed E-state index contributed by atoms with van der Waals surface area (Å²) in [4.78, 5) is 4.30. The monoisotopic (exact) mass is 326 g/mol. The summed E-state index contributed by atoms with van der Waals surface area (Å²) in [6, 6.07) is 0. The van der Waals surface area contributed by atoms with Crippen molar-refractivity contribution in [1.82, 2.24) is 9.55 Å². The Kier molecular flexibility index (Phi) is 3.93. The molecule has 24 heavy (non-hydrogen) atoms. The van der Waals surface area contributed by atoms with Crippen LogP contribution in [0.25, 0.3) is 5.70 Å². The van der Waals surface area contributed by atoms with Crippen molar-refractivity contribution < 1.29 is 0 Å². The molecule has 0 amide bonds. The highest BCUT2D eigenvalue weighted by Crippen LogP contribution is 2.65. The Balaban J connectivity index is 1.65. The summed E-state index contributed by atoms with van der Waals surface area (Å²) in [5.74, 6) is 3.65. The lowest BCUT2D eigenvalue weighted by Crippen LogP contribution is -2.51. The molecule has 2 fully saturated rings. The van der Waals surface area contributed by atoms with E-state index in [1.807, 2.05) is 12.5 Å². The molecule has 3 aliphatic rings. The minimum atomic E-state index is 0.357. The third-order valence-electron chi connectivity index (χ3n) is 8.64. The van der Waals surface area contributed by atoms with E-state index in [4.69, 9.17) is 0 Å². The molecule has 0 aromatic carbocycles. The van der Waals surface area contributed by atoms with Gasteiger partial charge in [-0.05, 0) is 61.2 Å². The van der Waals surface area contributed by atoms with Gasteiger partial charge in [0.25, 0.3) is 0 Å². The molecule has 0 saturated heterocycles. The second kappa shape index (κ2) is 5.75. The fourth-order valence-corrected chi connectivity index (χ4v) is 7.10. The molecule has 1 aromatic rings. The zero-order valence-electron chi connectivity index (χ0n) is 16.0. The predicted octanol–water partition coefficient (Wildman–Crippen LogP) is 6.01. The molecule has 2 saturated carbocycles. The van der Waals surface area contributed by atoms with Crippen molar-refractivity contribution in [2.45, 2.75) is 72.6 Å². The SMILES string of the molecule is CC[C@@H]1CC[C@@H]2[C@H](CC[C@]3(C)C(n4ccnc4)=CC[C@@H]23)[C@@]1(C)CC. The van der Waals surface area contributed by atoms with E-state index in [0.717, 1.165) is 23.7 Å². The molecule has 0 aliphatic heterocycles. The van der Waals surface area contributed by atoms with Gasteiger partial charge in [-0.15, -0.1) is 0 Å². The topological polar surface area (TPSA) is 17.8 Å². The van der Waals surface area contributed by atoms with Crippen LogP contribution in [0.3, 0.4) is 0 Å². The average molecular weight is 327 g/mol. The minimum absolute atomic E-state index is 0.357. The largest absolute Gasteiger partial charge is 0.310 e. The first-order chi connectivity index (χ1) is 11.5. The molecule has 0 unspecified atom stereocenters. The maximum Gasteiger partial charge on any atom is 0.0989 e. The summed E-state index contributed by atoms with van der Waals surface area (Å²) in [6.45, 7) is 10.0. The highest BCUT2D eigenvalue weighted by atomic mass is 15.1. The van der Waals surface area contributed by atoms with Crippen molar-refractivity contribution >= 4 is 5.70 Å². The highest BCUT2D eigenvalue weighted by molar-refractivity contribution is 5.56. The van der Waals surface area contributed by atoms with Gasteiger partial charge in [0, 0.05) is 23.5 Å². The molecule has 6 atom stereocenters. The van der Waals surface area contributed by atoms with E-state index < -0.39 is 0 Å². The average Bonchev–Trinajstić information content (AvgIpc) is 3.21. The van der Waals surface area contributed by atoms with E-state index in [1.165, 1.54) is 50.6 Å². The smallest absolute Gasteiger partial charge is 0.0989 e. The van der Waals surface area contributed by atoms with Crippen LogP contribution in [0.5, 0.6) is 0 Å². The molecule has 0 N–H and O–H groups in total. The summed E-state index contributed by atoms with van der Waals surface area (Å²) in [5.41, 5.74) is 2.45. The van der Waals surface area contributed by atoms with Gasteiger partial charge in [-0.25, -0.2) is 4.98 Å². The molecule has 132 valence electrons. The van der Waals surface area contributed by atoms with Crippen LogP contribution in [0.1, 0.15) is 72.6 Å². The Morgan fingerprint density at radius 1 is 1.17 bits per heavy atom. The summed E-state index contributed by atoms with van der Waals surface area (Å²) >= 11 is 0. The molecule has 0 spiro atoms. The third kappa shape index (κ3) is 2.10. The third-order valence-corrected chi connectivity index (χ3v) is 8.64. The van der Waals surface area contributed by atoms with Gasteiger partial charge in [-0.1, -0.05) is 46.6 Å². The van der Waals surface area contributed by atoms with Gasteiger partial charge in [0.2, 0.25) is 0 Å². The number of fused-ring (bicyclic) bond motifs is 3. The quantitative estimate of drug-likeness (QED) is 0.665. The van der Waals surface area contributed by atoms with E-state index in [0.29, 0.717) is 10.8 Å². The number of aromatic nitrogens is 2. The fraction of sp³-hybridized carbons (Fsp3) is 0.773. The number of hydrogen-bond acceptors (Lipinski definition) is 1. The van der Waals surface area contributed by atoms with Crippen LogP contribution in [0.2, 0.25) is 0 Å². The minimum Gasteiger partial charge on any atom is -0.310 e. The van der Waals surface area contributed by atoms with Gasteiger partial charge < -0.3 is 4.57 Å². The maximum atomic E-state index is 4.30. The maximum absolute atomic E-state index is 4.30. The van der Waals surface area contributed by atoms with Crippen molar-refractivity contribution in [3.05, 3.63) is 24.8 Å². The molecular weight excluding hydrogens is 292 g/mol. The van der Waals surface area contributed by atoms with Gasteiger partial charge >= 0.3 is 0 Å². The van der Waals surface area contributed by atoms with Crippen LogP contribution in [0.15, 0.2) is 24.8 Å². The van der Waals surface area contributed by atoms with Gasteiger partial charge in [0.1, 0.15) is 0 Å². The van der Waals surface area contributed by atoms with E-state index in [2.05, 4.69) is 49.5 Å². The van der Waals surface area contributed by atoms with Crippen LogP contribution in [-0.4, -0.2) is 9.55 Å². The zero-order valence-corrected chi connectivity index (χ0v) is 16.0. The van der Waals surface area contributed by atoms with Gasteiger partial charge in [-0.3, -0.25) is 0 Å². The standard InChI is InChI=1S/C22H34N2/c1-5-16-7-8-17-18-9-10-20(24-14-13-23-15-24)22(18,4)12-11-19(17)21(16,3)6-2/h10,13-19H,5-9,11-12H2,1-4H3/t16-,17+,18+,19+,21+,22+/m1/s1. The number of imidazole rings is 1. The van der Waals surface area contributed by atoms with E-state index in [1.54, 1.807) is 0 Å². The normalized spacial score (nSPS) is 44.8. The molecule has 0 bridgehead atoms. The molecule has 2 nitrogen and oxygen atoms in total. The lowest BCUT2D eigenvalue weighted by Gasteiger charge is -2.58. The summed E-state index contributed by atoms with van der Waals surface area (Å²) in [6.07, 6.45) is 18.3. The number of hydrogen-bond donors (Lipinski definition) is 0. The van der Waals surface area contributed by atoms with Gasteiger partial charge in [0.15, 0.2) is 0 Å². The van der Waals surface area contributed by atoms with E-state index >= 15 is 0 Å². The molecule has 4 rings (SSSR count). The second-order valence-electron chi connectivity index (χ2n) is 9.17. The summed E-state index contributed by atoms with van der Waals surface area (Å²) in [5, 5.41) is 0. The Labute approximate surface area is 147 Å². The molecule has 2 heteroatoms. The van der Waals surface area contributed by atoms with Crippen LogP contribution >= 0.6 is 0 Å². The van der Waals surface area contributed by atoms with Crippen molar-refractivity contribution in [3.8, 4) is 0 Å². The molecule has 1 aromatic heterocycles. The summed E-state index contributed by atoms with van der Waals surface area (Å²) < 4.78 is 2.29. The van der Waals surface area contributed by atoms with Crippen molar-refractivity contribution in [2.24, 2.45) is 34.5 Å². The van der Waals surface area contributed by atoms with Crippen LogP contribution in [0, 0.1) is 34.5 Å². The highest BCUT2D eigenvalue weighted by Gasteiger charge is 2.57. The Morgan fingerprint density at radius 2 is 2.00 bits per heavy atom. The molecule has 3 aliphatic carbocycles. The molecule has 1 heterocycles. The van der Waals surface area contributed by atoms with Crippen molar-refractivity contribution in [1.29, 1.82) is 0 Å². The second-order valence-corrected chi connectivity index (χ2v) is 9.17. The first-order valence-corrected chi connectivity index (χ1v) is 10.2. The van der Waals surface area contributed by atoms with Gasteiger partial charge in [-0.2, -0.15) is 0 Å². The van der Waals surface area contributed by atoms with Gasteiger partial charge in [0.05, 0.1) is 6.33 Å². The first-order valence-electron chi connectivity index (χ1n) is 10.2. The fourth-order valence-electron chi connectivity index (χ4n) is 7.10. The predicted molar refractivity (Wildman–Crippen MR) is 100 cm³/mol. The molecular formula is C22H34N2. The van der Waals surface area contributed by atoms with E-state index in [9.17, 15) is 0 Å². The van der Waals surface area contributed by atoms with Crippen LogP contribution in [0.4, 0.5) is 0 Å². The Hall–Kier alpha value is -1.05. The number of rotatable bonds is 3. The number of nitrogens with zero attached hydrogens (tertiary/aromatic N) is 2. The Bertz CT molecular complexity index is 616. The van der Waals surface area contributed by atoms with Crippen LogP contribution < -0.4 is 0 Å². The Morgan fingerprint density at radius 3 is 2.67 bits per heavy atom. The van der Waals surface area contributed by atoms with Crippen molar-refractivity contribution in [2.75, 3.05) is 0 Å². The summed E-state index contributed by atoms with van der Waals surface area (Å²) in [7, 11) is 0. The van der Waals surface area contributed by atoms with Crippen molar-refractivity contribution in [3.63, 3.8) is 0 Å².